The molecule has 0 fully saturated rings. The van der Waals surface area contributed by atoms with Gasteiger partial charge in [0.25, 0.3) is 5.82 Å². The van der Waals surface area contributed by atoms with Crippen molar-refractivity contribution in [3.8, 4) is 0 Å². The van der Waals surface area contributed by atoms with Gasteiger partial charge in [-0.15, -0.1) is 15.3 Å². The number of fused-ring (bicyclic) bond motifs is 1. The molecular formula is C11H14F3N5S. The number of nitrogens with zero attached hydrogens (tertiary/aromatic N) is 4. The van der Waals surface area contributed by atoms with E-state index < -0.39 is 12.0 Å². The molecule has 2 rings (SSSR count). The van der Waals surface area contributed by atoms with Crippen LogP contribution in [0, 0.1) is 13.8 Å². The number of hydrogen-bond donors (Lipinski definition) is 1. The van der Waals surface area contributed by atoms with Crippen LogP contribution in [-0.2, 0) is 6.18 Å². The van der Waals surface area contributed by atoms with E-state index in [4.69, 9.17) is 0 Å². The van der Waals surface area contributed by atoms with E-state index in [0.29, 0.717) is 17.9 Å². The highest BCUT2D eigenvalue weighted by molar-refractivity contribution is 7.98. The molecule has 0 amide bonds. The summed E-state index contributed by atoms with van der Waals surface area (Å²) in [4.78, 5) is 0. The number of hydrogen-bond acceptors (Lipinski definition) is 5. The summed E-state index contributed by atoms with van der Waals surface area (Å²) in [6.45, 7) is 4.13. The van der Waals surface area contributed by atoms with Crippen molar-refractivity contribution in [1.82, 2.24) is 19.8 Å². The lowest BCUT2D eigenvalue weighted by Crippen LogP contribution is -2.16. The van der Waals surface area contributed by atoms with Gasteiger partial charge in [-0.1, -0.05) is 0 Å². The van der Waals surface area contributed by atoms with Crippen LogP contribution in [0.1, 0.15) is 17.0 Å². The van der Waals surface area contributed by atoms with Crippen molar-refractivity contribution in [3.05, 3.63) is 17.0 Å². The van der Waals surface area contributed by atoms with E-state index in [9.17, 15) is 13.2 Å². The maximum Gasteiger partial charge on any atom is 0.453 e. The van der Waals surface area contributed by atoms with Crippen molar-refractivity contribution in [3.63, 3.8) is 0 Å². The molecule has 0 atom stereocenters. The van der Waals surface area contributed by atoms with Gasteiger partial charge in [0.05, 0.1) is 0 Å². The zero-order valence-electron chi connectivity index (χ0n) is 11.2. The van der Waals surface area contributed by atoms with Crippen molar-refractivity contribution in [1.29, 1.82) is 0 Å². The third-order valence-electron chi connectivity index (χ3n) is 2.95. The minimum absolute atomic E-state index is 0.130. The Hall–Kier alpha value is -1.51. The Morgan fingerprint density at radius 1 is 1.20 bits per heavy atom. The molecule has 0 saturated carbocycles. The third kappa shape index (κ3) is 2.67. The van der Waals surface area contributed by atoms with Crippen LogP contribution < -0.4 is 5.32 Å². The summed E-state index contributed by atoms with van der Waals surface area (Å²) >= 11 is 1.64. The summed E-state index contributed by atoms with van der Waals surface area (Å²) in [6.07, 6.45) is -2.62. The normalized spacial score (nSPS) is 12.1. The Balaban J connectivity index is 2.52. The number of alkyl halides is 3. The molecule has 2 heterocycles. The van der Waals surface area contributed by atoms with Crippen LogP contribution in [0.3, 0.4) is 0 Å². The predicted octanol–water partition coefficient (Wildman–Crippen LogP) is 2.53. The molecule has 9 heteroatoms. The average molecular weight is 305 g/mol. The average Bonchev–Trinajstić information content (AvgIpc) is 2.79. The number of rotatable bonds is 4. The van der Waals surface area contributed by atoms with E-state index >= 15 is 0 Å². The molecule has 0 unspecified atom stereocenters. The molecule has 0 spiro atoms. The molecule has 0 bridgehead atoms. The molecule has 1 N–H and O–H groups in total. The largest absolute Gasteiger partial charge is 0.453 e. The SMILES string of the molecule is CSCCNc1nn2c(C(F)(F)F)nnc2c(C)c1C. The Labute approximate surface area is 118 Å². The van der Waals surface area contributed by atoms with E-state index in [1.165, 1.54) is 0 Å². The molecule has 20 heavy (non-hydrogen) atoms. The summed E-state index contributed by atoms with van der Waals surface area (Å²) in [7, 11) is 0. The Kier molecular flexibility index (Phi) is 4.07. The number of anilines is 1. The summed E-state index contributed by atoms with van der Waals surface area (Å²) in [6, 6.07) is 0. The molecule has 5 nitrogen and oxygen atoms in total. The molecule has 110 valence electrons. The van der Waals surface area contributed by atoms with E-state index in [-0.39, 0.29) is 5.65 Å². The highest BCUT2D eigenvalue weighted by Gasteiger charge is 2.38. The fraction of sp³-hybridized carbons (Fsp3) is 0.545. The molecule has 0 aromatic carbocycles. The molecule has 0 aliphatic heterocycles. The predicted molar refractivity (Wildman–Crippen MR) is 72.1 cm³/mol. The summed E-state index contributed by atoms with van der Waals surface area (Å²) in [5.74, 6) is 0.157. The maximum atomic E-state index is 12.8. The van der Waals surface area contributed by atoms with Gasteiger partial charge in [0, 0.05) is 17.9 Å². The van der Waals surface area contributed by atoms with Crippen LogP contribution in [0.25, 0.3) is 5.65 Å². The topological polar surface area (TPSA) is 55.1 Å². The van der Waals surface area contributed by atoms with Crippen LogP contribution in [-0.4, -0.2) is 38.4 Å². The second kappa shape index (κ2) is 5.47. The number of aromatic nitrogens is 4. The molecule has 2 aromatic heterocycles. The standard InChI is InChI=1S/C11H14F3N5S/c1-6-7(2)9-16-17-10(11(12,13)14)19(9)18-8(6)15-4-5-20-3/h4-5H2,1-3H3,(H,15,18). The Bertz CT molecular complexity index is 623. The van der Waals surface area contributed by atoms with Gasteiger partial charge in [0.15, 0.2) is 5.65 Å². The number of aryl methyl sites for hydroxylation is 1. The lowest BCUT2D eigenvalue weighted by molar-refractivity contribution is -0.146. The minimum atomic E-state index is -4.58. The molecule has 2 aromatic rings. The molecule has 0 saturated heterocycles. The second-order valence-corrected chi connectivity index (χ2v) is 5.26. The van der Waals surface area contributed by atoms with E-state index in [2.05, 4.69) is 20.6 Å². The quantitative estimate of drug-likeness (QED) is 0.880. The van der Waals surface area contributed by atoms with Crippen LogP contribution in [0.4, 0.5) is 19.0 Å². The third-order valence-corrected chi connectivity index (χ3v) is 3.56. The monoisotopic (exact) mass is 305 g/mol. The van der Waals surface area contributed by atoms with Crippen LogP contribution in [0.5, 0.6) is 0 Å². The lowest BCUT2D eigenvalue weighted by atomic mass is 10.2. The first kappa shape index (κ1) is 14.9. The Morgan fingerprint density at radius 2 is 1.90 bits per heavy atom. The van der Waals surface area contributed by atoms with E-state index in [1.807, 2.05) is 6.26 Å². The maximum absolute atomic E-state index is 12.8. The smallest absolute Gasteiger partial charge is 0.368 e. The molecule has 0 aliphatic rings. The fourth-order valence-corrected chi connectivity index (χ4v) is 2.05. The van der Waals surface area contributed by atoms with Crippen molar-refractivity contribution < 1.29 is 13.2 Å². The van der Waals surface area contributed by atoms with Crippen molar-refractivity contribution in [2.75, 3.05) is 23.9 Å². The molecule has 0 aliphatic carbocycles. The number of nitrogens with one attached hydrogen (secondary N) is 1. The van der Waals surface area contributed by atoms with Crippen molar-refractivity contribution in [2.24, 2.45) is 0 Å². The van der Waals surface area contributed by atoms with E-state index in [0.717, 1.165) is 15.8 Å². The van der Waals surface area contributed by atoms with Gasteiger partial charge in [-0.2, -0.15) is 29.4 Å². The fourth-order valence-electron chi connectivity index (χ4n) is 1.74. The van der Waals surface area contributed by atoms with Gasteiger partial charge < -0.3 is 5.32 Å². The minimum Gasteiger partial charge on any atom is -0.368 e. The van der Waals surface area contributed by atoms with Gasteiger partial charge in [-0.25, -0.2) is 0 Å². The Morgan fingerprint density at radius 3 is 2.50 bits per heavy atom. The van der Waals surface area contributed by atoms with Gasteiger partial charge in [-0.05, 0) is 25.7 Å². The molecular weight excluding hydrogens is 291 g/mol. The first-order valence-corrected chi connectivity index (χ1v) is 7.28. The first-order valence-electron chi connectivity index (χ1n) is 5.89. The van der Waals surface area contributed by atoms with Gasteiger partial charge >= 0.3 is 6.18 Å². The second-order valence-electron chi connectivity index (χ2n) is 4.27. The number of halogens is 3. The van der Waals surface area contributed by atoms with Crippen molar-refractivity contribution in [2.45, 2.75) is 20.0 Å². The van der Waals surface area contributed by atoms with Crippen LogP contribution in [0.2, 0.25) is 0 Å². The summed E-state index contributed by atoms with van der Waals surface area (Å²) in [5.41, 5.74) is 1.54. The summed E-state index contributed by atoms with van der Waals surface area (Å²) < 4.78 is 39.3. The summed E-state index contributed by atoms with van der Waals surface area (Å²) in [5, 5.41) is 13.8. The van der Waals surface area contributed by atoms with E-state index in [1.54, 1.807) is 25.6 Å². The van der Waals surface area contributed by atoms with Gasteiger partial charge in [0.2, 0.25) is 0 Å². The lowest BCUT2D eigenvalue weighted by Gasteiger charge is -2.12. The van der Waals surface area contributed by atoms with Crippen LogP contribution >= 0.6 is 11.8 Å². The zero-order chi connectivity index (χ0) is 14.9. The number of thioether (sulfide) groups is 1. The highest BCUT2D eigenvalue weighted by atomic mass is 32.2. The highest BCUT2D eigenvalue weighted by Crippen LogP contribution is 2.29. The van der Waals surface area contributed by atoms with Gasteiger partial charge in [0.1, 0.15) is 5.82 Å². The first-order chi connectivity index (χ1) is 9.36. The molecule has 0 radical (unpaired) electrons. The van der Waals surface area contributed by atoms with Crippen LogP contribution in [0.15, 0.2) is 0 Å². The van der Waals surface area contributed by atoms with Gasteiger partial charge in [-0.3, -0.25) is 0 Å². The van der Waals surface area contributed by atoms with Crippen molar-refractivity contribution >= 4 is 23.2 Å². The zero-order valence-corrected chi connectivity index (χ0v) is 12.1.